The fourth-order valence-electron chi connectivity index (χ4n) is 1.52. The van der Waals surface area contributed by atoms with Gasteiger partial charge in [0.25, 0.3) is 5.24 Å². The lowest BCUT2D eigenvalue weighted by molar-refractivity contribution is -0.119. The Morgan fingerprint density at radius 3 is 2.41 bits per heavy atom. The number of hydrogen-bond acceptors (Lipinski definition) is 4. The number of carbonyl (C=O) groups is 3. The highest BCUT2D eigenvalue weighted by molar-refractivity contribution is 8.15. The van der Waals surface area contributed by atoms with Crippen molar-refractivity contribution in [1.29, 1.82) is 0 Å². The van der Waals surface area contributed by atoms with Crippen LogP contribution in [-0.4, -0.2) is 17.1 Å². The van der Waals surface area contributed by atoms with Crippen LogP contribution in [0.25, 0.3) is 0 Å². The van der Waals surface area contributed by atoms with Gasteiger partial charge in [0.1, 0.15) is 5.25 Å². The Morgan fingerprint density at radius 2 is 1.94 bits per heavy atom. The predicted octanol–water partition coefficient (Wildman–Crippen LogP) is 1.67. The van der Waals surface area contributed by atoms with Crippen molar-refractivity contribution in [3.63, 3.8) is 0 Å². The number of thioether (sulfide) groups is 1. The van der Waals surface area contributed by atoms with Gasteiger partial charge in [-0.05, 0) is 29.5 Å². The standard InChI is InChI=1S/C11H10N2O3S/c1-6(14)12-8-4-2-7(3-5-8)9-10(15)13-11(16)17-9/h2-5,9H,1H3,(H,12,14)(H,13,15,16). The van der Waals surface area contributed by atoms with Crippen LogP contribution in [-0.2, 0) is 9.59 Å². The Balaban J connectivity index is 2.15. The average Bonchev–Trinajstić information content (AvgIpc) is 2.58. The van der Waals surface area contributed by atoms with E-state index in [0.29, 0.717) is 5.69 Å². The van der Waals surface area contributed by atoms with Crippen molar-refractivity contribution in [2.75, 3.05) is 5.32 Å². The third kappa shape index (κ3) is 2.65. The topological polar surface area (TPSA) is 75.3 Å². The number of anilines is 1. The Bertz CT molecular complexity index is 484. The van der Waals surface area contributed by atoms with E-state index in [4.69, 9.17) is 0 Å². The molecule has 88 valence electrons. The van der Waals surface area contributed by atoms with E-state index in [0.717, 1.165) is 17.3 Å². The normalized spacial score (nSPS) is 19.0. The van der Waals surface area contributed by atoms with E-state index in [-0.39, 0.29) is 17.1 Å². The second-order valence-electron chi connectivity index (χ2n) is 3.58. The van der Waals surface area contributed by atoms with Gasteiger partial charge >= 0.3 is 0 Å². The van der Waals surface area contributed by atoms with Crippen LogP contribution < -0.4 is 10.6 Å². The molecule has 0 saturated carbocycles. The van der Waals surface area contributed by atoms with Crippen molar-refractivity contribution >= 4 is 34.5 Å². The third-order valence-electron chi connectivity index (χ3n) is 2.22. The van der Waals surface area contributed by atoms with E-state index in [2.05, 4.69) is 10.6 Å². The van der Waals surface area contributed by atoms with E-state index in [1.807, 2.05) is 0 Å². The smallest absolute Gasteiger partial charge is 0.286 e. The molecule has 0 aliphatic carbocycles. The summed E-state index contributed by atoms with van der Waals surface area (Å²) < 4.78 is 0. The molecule has 1 aliphatic rings. The lowest BCUT2D eigenvalue weighted by atomic mass is 10.1. The first-order chi connectivity index (χ1) is 8.06. The van der Waals surface area contributed by atoms with Crippen LogP contribution in [0.1, 0.15) is 17.7 Å². The number of rotatable bonds is 2. The van der Waals surface area contributed by atoms with Gasteiger partial charge in [0, 0.05) is 12.6 Å². The van der Waals surface area contributed by atoms with E-state index in [9.17, 15) is 14.4 Å². The molecule has 1 atom stereocenters. The highest BCUT2D eigenvalue weighted by Gasteiger charge is 2.32. The van der Waals surface area contributed by atoms with Gasteiger partial charge in [-0.25, -0.2) is 0 Å². The van der Waals surface area contributed by atoms with Crippen molar-refractivity contribution < 1.29 is 14.4 Å². The Hall–Kier alpha value is -1.82. The molecule has 1 saturated heterocycles. The number of nitrogens with one attached hydrogen (secondary N) is 2. The fourth-order valence-corrected chi connectivity index (χ4v) is 2.35. The number of carbonyl (C=O) groups excluding carboxylic acids is 3. The van der Waals surface area contributed by atoms with Gasteiger partial charge in [0.2, 0.25) is 11.8 Å². The van der Waals surface area contributed by atoms with Crippen LogP contribution in [0.5, 0.6) is 0 Å². The molecule has 1 fully saturated rings. The molecule has 0 aromatic heterocycles. The zero-order valence-corrected chi connectivity index (χ0v) is 9.84. The minimum atomic E-state index is -0.492. The van der Waals surface area contributed by atoms with Crippen molar-refractivity contribution in [3.05, 3.63) is 29.8 Å². The summed E-state index contributed by atoms with van der Waals surface area (Å²) in [5, 5.41) is 4.04. The minimum Gasteiger partial charge on any atom is -0.326 e. The number of hydrogen-bond donors (Lipinski definition) is 2. The molecule has 1 aliphatic heterocycles. The predicted molar refractivity (Wildman–Crippen MR) is 64.6 cm³/mol. The van der Waals surface area contributed by atoms with Crippen molar-refractivity contribution in [2.45, 2.75) is 12.2 Å². The first-order valence-electron chi connectivity index (χ1n) is 4.95. The van der Waals surface area contributed by atoms with Gasteiger partial charge in [-0.3, -0.25) is 19.7 Å². The molecule has 0 bridgehead atoms. The average molecular weight is 250 g/mol. The van der Waals surface area contributed by atoms with Crippen LogP contribution in [0.2, 0.25) is 0 Å². The number of amides is 3. The van der Waals surface area contributed by atoms with Gasteiger partial charge in [-0.2, -0.15) is 0 Å². The van der Waals surface area contributed by atoms with Crippen LogP contribution in [0.3, 0.4) is 0 Å². The van der Waals surface area contributed by atoms with Crippen LogP contribution >= 0.6 is 11.8 Å². The lowest BCUT2D eigenvalue weighted by Crippen LogP contribution is -2.20. The molecule has 0 radical (unpaired) electrons. The summed E-state index contributed by atoms with van der Waals surface area (Å²) in [6.45, 7) is 1.42. The number of imide groups is 1. The van der Waals surface area contributed by atoms with Crippen LogP contribution in [0.15, 0.2) is 24.3 Å². The SMILES string of the molecule is CC(=O)Nc1ccc(C2SC(=O)NC2=O)cc1. The van der Waals surface area contributed by atoms with Crippen molar-refractivity contribution in [3.8, 4) is 0 Å². The summed E-state index contributed by atoms with van der Waals surface area (Å²) >= 11 is 0.960. The maximum atomic E-state index is 11.4. The van der Waals surface area contributed by atoms with E-state index in [1.165, 1.54) is 6.92 Å². The highest BCUT2D eigenvalue weighted by atomic mass is 32.2. The summed E-state index contributed by atoms with van der Waals surface area (Å²) in [6, 6.07) is 6.85. The van der Waals surface area contributed by atoms with Crippen molar-refractivity contribution in [1.82, 2.24) is 5.32 Å². The molecule has 6 heteroatoms. The molecule has 1 aromatic carbocycles. The Kier molecular flexibility index (Phi) is 3.14. The minimum absolute atomic E-state index is 0.152. The van der Waals surface area contributed by atoms with Gasteiger partial charge in [0.15, 0.2) is 0 Å². The summed E-state index contributed by atoms with van der Waals surface area (Å²) in [5.74, 6) is -0.451. The molecule has 2 rings (SSSR count). The number of benzene rings is 1. The van der Waals surface area contributed by atoms with Crippen LogP contribution in [0.4, 0.5) is 10.5 Å². The first-order valence-corrected chi connectivity index (χ1v) is 5.83. The molecule has 2 N–H and O–H groups in total. The molecule has 3 amide bonds. The Labute approximate surface area is 102 Å². The highest BCUT2D eigenvalue weighted by Crippen LogP contribution is 2.34. The first kappa shape index (κ1) is 11.7. The molecule has 1 heterocycles. The molecule has 1 unspecified atom stereocenters. The maximum Gasteiger partial charge on any atom is 0.286 e. The second kappa shape index (κ2) is 4.58. The van der Waals surface area contributed by atoms with Crippen LogP contribution in [0, 0.1) is 0 Å². The molecule has 17 heavy (non-hydrogen) atoms. The summed E-state index contributed by atoms with van der Waals surface area (Å²) in [5.41, 5.74) is 1.41. The largest absolute Gasteiger partial charge is 0.326 e. The zero-order chi connectivity index (χ0) is 12.4. The van der Waals surface area contributed by atoms with E-state index >= 15 is 0 Å². The van der Waals surface area contributed by atoms with Gasteiger partial charge < -0.3 is 5.32 Å². The van der Waals surface area contributed by atoms with Gasteiger partial charge in [-0.1, -0.05) is 12.1 Å². The molecule has 1 aromatic rings. The summed E-state index contributed by atoms with van der Waals surface area (Å²) in [6.07, 6.45) is 0. The lowest BCUT2D eigenvalue weighted by Gasteiger charge is -2.07. The van der Waals surface area contributed by atoms with Crippen molar-refractivity contribution in [2.24, 2.45) is 0 Å². The third-order valence-corrected chi connectivity index (χ3v) is 3.26. The monoisotopic (exact) mass is 250 g/mol. The van der Waals surface area contributed by atoms with Gasteiger partial charge in [-0.15, -0.1) is 0 Å². The Morgan fingerprint density at radius 1 is 1.29 bits per heavy atom. The quantitative estimate of drug-likeness (QED) is 0.837. The molecular formula is C11H10N2O3S. The van der Waals surface area contributed by atoms with Gasteiger partial charge in [0.05, 0.1) is 0 Å². The molecular weight excluding hydrogens is 240 g/mol. The summed E-state index contributed by atoms with van der Waals surface area (Å²) in [4.78, 5) is 33.3. The summed E-state index contributed by atoms with van der Waals surface area (Å²) in [7, 11) is 0. The van der Waals surface area contributed by atoms with E-state index < -0.39 is 5.25 Å². The fraction of sp³-hybridized carbons (Fsp3) is 0.182. The maximum absolute atomic E-state index is 11.4. The second-order valence-corrected chi connectivity index (χ2v) is 4.66. The van der Waals surface area contributed by atoms with E-state index in [1.54, 1.807) is 24.3 Å². The molecule has 0 spiro atoms. The zero-order valence-electron chi connectivity index (χ0n) is 9.02. The molecule has 5 nitrogen and oxygen atoms in total.